The van der Waals surface area contributed by atoms with Crippen LogP contribution >= 0.6 is 0 Å². The quantitative estimate of drug-likeness (QED) is 0.669. The van der Waals surface area contributed by atoms with Crippen molar-refractivity contribution in [2.45, 2.75) is 12.6 Å². The Morgan fingerprint density at radius 3 is 2.58 bits per heavy atom. The summed E-state index contributed by atoms with van der Waals surface area (Å²) in [7, 11) is 0. The summed E-state index contributed by atoms with van der Waals surface area (Å²) in [5.74, 6) is 1.24. The molecular weight excluding hydrogens is 345 g/mol. The highest BCUT2D eigenvalue weighted by molar-refractivity contribution is 5.76. The van der Waals surface area contributed by atoms with E-state index in [1.54, 1.807) is 12.3 Å². The molecule has 7 heteroatoms. The smallest absolute Gasteiger partial charge is 0.433 e. The van der Waals surface area contributed by atoms with Crippen LogP contribution in [0.2, 0.25) is 0 Å². The van der Waals surface area contributed by atoms with Crippen LogP contribution in [0.5, 0.6) is 17.4 Å². The third kappa shape index (κ3) is 3.08. The highest BCUT2D eigenvalue weighted by atomic mass is 19.4. The summed E-state index contributed by atoms with van der Waals surface area (Å²) in [5.41, 5.74) is 1.67. The number of alkyl halides is 3. The van der Waals surface area contributed by atoms with Crippen LogP contribution in [0.4, 0.5) is 13.2 Å². The second kappa shape index (κ2) is 6.33. The molecule has 0 fully saturated rings. The number of benzene rings is 1. The third-order valence-electron chi connectivity index (χ3n) is 4.02. The average molecular weight is 358 g/mol. The number of halogens is 3. The van der Waals surface area contributed by atoms with E-state index in [2.05, 4.69) is 9.97 Å². The van der Waals surface area contributed by atoms with Crippen LogP contribution in [0.3, 0.4) is 0 Å². The molecule has 0 saturated heterocycles. The van der Waals surface area contributed by atoms with Crippen LogP contribution < -0.4 is 9.47 Å². The van der Waals surface area contributed by atoms with E-state index >= 15 is 0 Å². The van der Waals surface area contributed by atoms with E-state index in [9.17, 15) is 13.2 Å². The molecule has 3 aromatic rings. The lowest BCUT2D eigenvalue weighted by Gasteiger charge is -2.13. The minimum Gasteiger partial charge on any atom is -0.492 e. The molecule has 132 valence electrons. The minimum absolute atomic E-state index is 0.173. The van der Waals surface area contributed by atoms with Gasteiger partial charge in [0.15, 0.2) is 0 Å². The molecule has 1 aliphatic heterocycles. The van der Waals surface area contributed by atoms with Crippen molar-refractivity contribution in [2.24, 2.45) is 0 Å². The number of ether oxygens (including phenoxy) is 2. The topological polar surface area (TPSA) is 44.2 Å². The SMILES string of the molecule is FC(F)(F)c1ccc(Oc2ncccc2-c2cccc3c2OCC3)cn1. The predicted molar refractivity (Wildman–Crippen MR) is 88.2 cm³/mol. The van der Waals surface area contributed by atoms with Crippen LogP contribution in [0.15, 0.2) is 54.9 Å². The summed E-state index contributed by atoms with van der Waals surface area (Å²) >= 11 is 0. The van der Waals surface area contributed by atoms with Gasteiger partial charge in [-0.3, -0.25) is 0 Å². The molecule has 4 nitrogen and oxygen atoms in total. The fourth-order valence-corrected chi connectivity index (χ4v) is 2.82. The van der Waals surface area contributed by atoms with E-state index < -0.39 is 11.9 Å². The van der Waals surface area contributed by atoms with Gasteiger partial charge in [0.1, 0.15) is 17.2 Å². The van der Waals surface area contributed by atoms with Gasteiger partial charge in [-0.25, -0.2) is 9.97 Å². The predicted octanol–water partition coefficient (Wildman–Crippen LogP) is 4.89. The van der Waals surface area contributed by atoms with Gasteiger partial charge in [0.2, 0.25) is 5.88 Å². The van der Waals surface area contributed by atoms with Crippen LogP contribution in [0.25, 0.3) is 11.1 Å². The molecule has 2 aromatic heterocycles. The largest absolute Gasteiger partial charge is 0.492 e. The Balaban J connectivity index is 1.68. The molecule has 0 spiro atoms. The van der Waals surface area contributed by atoms with E-state index in [4.69, 9.17) is 9.47 Å². The standard InChI is InChI=1S/C19H13F3N2O2/c20-19(21,22)16-7-6-13(11-24-16)26-18-15(5-2-9-23-18)14-4-1-3-12-8-10-25-17(12)14/h1-7,9,11H,8,10H2. The highest BCUT2D eigenvalue weighted by Gasteiger charge is 2.32. The molecular formula is C19H13F3N2O2. The molecule has 0 radical (unpaired) electrons. The number of rotatable bonds is 3. The van der Waals surface area contributed by atoms with Crippen molar-refractivity contribution >= 4 is 0 Å². The molecule has 1 aromatic carbocycles. The number of nitrogens with zero attached hydrogens (tertiary/aromatic N) is 2. The number of hydrogen-bond donors (Lipinski definition) is 0. The maximum absolute atomic E-state index is 12.6. The maximum Gasteiger partial charge on any atom is 0.433 e. The van der Waals surface area contributed by atoms with Crippen LogP contribution in [0.1, 0.15) is 11.3 Å². The van der Waals surface area contributed by atoms with Crippen molar-refractivity contribution in [3.63, 3.8) is 0 Å². The van der Waals surface area contributed by atoms with Gasteiger partial charge in [0.05, 0.1) is 12.8 Å². The van der Waals surface area contributed by atoms with Gasteiger partial charge in [-0.2, -0.15) is 13.2 Å². The molecule has 0 saturated carbocycles. The van der Waals surface area contributed by atoms with Crippen molar-refractivity contribution < 1.29 is 22.6 Å². The Hall–Kier alpha value is -3.09. The zero-order chi connectivity index (χ0) is 18.1. The Bertz CT molecular complexity index is 940. The van der Waals surface area contributed by atoms with Crippen LogP contribution in [0, 0.1) is 0 Å². The minimum atomic E-state index is -4.49. The van der Waals surface area contributed by atoms with E-state index in [0.717, 1.165) is 35.6 Å². The van der Waals surface area contributed by atoms with Crippen molar-refractivity contribution in [3.8, 4) is 28.5 Å². The third-order valence-corrected chi connectivity index (χ3v) is 4.02. The first kappa shape index (κ1) is 16.4. The summed E-state index contributed by atoms with van der Waals surface area (Å²) in [6.45, 7) is 0.617. The van der Waals surface area contributed by atoms with Crippen LogP contribution in [-0.4, -0.2) is 16.6 Å². The number of pyridine rings is 2. The van der Waals surface area contributed by atoms with Crippen molar-refractivity contribution in [2.75, 3.05) is 6.61 Å². The van der Waals surface area contributed by atoms with E-state index in [1.165, 1.54) is 6.07 Å². The van der Waals surface area contributed by atoms with Gasteiger partial charge in [-0.15, -0.1) is 0 Å². The molecule has 0 amide bonds. The van der Waals surface area contributed by atoms with Gasteiger partial charge in [-0.1, -0.05) is 18.2 Å². The van der Waals surface area contributed by atoms with Crippen LogP contribution in [-0.2, 0) is 12.6 Å². The molecule has 0 bridgehead atoms. The molecule has 26 heavy (non-hydrogen) atoms. The fourth-order valence-electron chi connectivity index (χ4n) is 2.82. The lowest BCUT2D eigenvalue weighted by molar-refractivity contribution is -0.141. The Morgan fingerprint density at radius 1 is 0.962 bits per heavy atom. The lowest BCUT2D eigenvalue weighted by Crippen LogP contribution is -2.07. The monoisotopic (exact) mass is 358 g/mol. The van der Waals surface area contributed by atoms with Gasteiger partial charge < -0.3 is 9.47 Å². The van der Waals surface area contributed by atoms with Crippen molar-refractivity contribution in [1.82, 2.24) is 9.97 Å². The maximum atomic E-state index is 12.6. The van der Waals surface area contributed by atoms with Crippen molar-refractivity contribution in [3.05, 3.63) is 66.1 Å². The van der Waals surface area contributed by atoms with Gasteiger partial charge in [0.25, 0.3) is 0 Å². The molecule has 0 aliphatic carbocycles. The number of hydrogen-bond acceptors (Lipinski definition) is 4. The number of fused-ring (bicyclic) bond motifs is 1. The second-order valence-corrected chi connectivity index (χ2v) is 5.73. The van der Waals surface area contributed by atoms with Gasteiger partial charge >= 0.3 is 6.18 Å². The molecule has 1 aliphatic rings. The summed E-state index contributed by atoms with van der Waals surface area (Å²) in [6, 6.07) is 11.5. The first-order valence-electron chi connectivity index (χ1n) is 7.93. The normalized spacial score (nSPS) is 13.2. The summed E-state index contributed by atoms with van der Waals surface area (Å²) < 4.78 is 49.3. The molecule has 0 unspecified atom stereocenters. The first-order chi connectivity index (χ1) is 12.5. The molecule has 0 atom stereocenters. The van der Waals surface area contributed by atoms with E-state index in [-0.39, 0.29) is 11.6 Å². The Labute approximate surface area is 147 Å². The Morgan fingerprint density at radius 2 is 1.81 bits per heavy atom. The van der Waals surface area contributed by atoms with Crippen molar-refractivity contribution in [1.29, 1.82) is 0 Å². The highest BCUT2D eigenvalue weighted by Crippen LogP contribution is 2.41. The summed E-state index contributed by atoms with van der Waals surface area (Å²) in [6.07, 6.45) is -1.06. The van der Waals surface area contributed by atoms with Gasteiger partial charge in [-0.05, 0) is 29.8 Å². The summed E-state index contributed by atoms with van der Waals surface area (Å²) in [5, 5.41) is 0. The Kier molecular flexibility index (Phi) is 3.99. The molecule has 0 N–H and O–H groups in total. The zero-order valence-electron chi connectivity index (χ0n) is 13.5. The number of aromatic nitrogens is 2. The van der Waals surface area contributed by atoms with E-state index in [1.807, 2.05) is 24.3 Å². The molecule has 4 rings (SSSR count). The zero-order valence-corrected chi connectivity index (χ0v) is 13.5. The average Bonchev–Trinajstić information content (AvgIpc) is 3.11. The lowest BCUT2D eigenvalue weighted by atomic mass is 10.0. The second-order valence-electron chi connectivity index (χ2n) is 5.73. The first-order valence-corrected chi connectivity index (χ1v) is 7.93. The van der Waals surface area contributed by atoms with Gasteiger partial charge in [0, 0.05) is 23.7 Å². The number of para-hydroxylation sites is 1. The fraction of sp³-hybridized carbons (Fsp3) is 0.158. The molecule has 3 heterocycles. The summed E-state index contributed by atoms with van der Waals surface area (Å²) in [4.78, 5) is 7.62. The van der Waals surface area contributed by atoms with E-state index in [0.29, 0.717) is 12.2 Å².